The van der Waals surface area contributed by atoms with Crippen molar-refractivity contribution in [1.29, 1.82) is 0 Å². The quantitative estimate of drug-likeness (QED) is 0.424. The molecule has 18 heavy (non-hydrogen) atoms. The number of methoxy groups -OCH3 is 1. The Kier molecular flexibility index (Phi) is 5.39. The van der Waals surface area contributed by atoms with Gasteiger partial charge in [-0.25, -0.2) is 0 Å². The lowest BCUT2D eigenvalue weighted by molar-refractivity contribution is 0.409. The van der Waals surface area contributed by atoms with Crippen LogP contribution in [0, 0.1) is 7.14 Å². The molecule has 0 saturated heterocycles. The highest BCUT2D eigenvalue weighted by Crippen LogP contribution is 2.40. The Morgan fingerprint density at radius 3 is 1.89 bits per heavy atom. The molecule has 0 unspecified atom stereocenters. The summed E-state index contributed by atoms with van der Waals surface area (Å²) in [5.41, 5.74) is 0. The summed E-state index contributed by atoms with van der Waals surface area (Å²) in [6, 6.07) is 4.10. The predicted octanol–water partition coefficient (Wildman–Crippen LogP) is 5.29. The van der Waals surface area contributed by atoms with Crippen molar-refractivity contribution in [2.75, 3.05) is 7.11 Å². The molecule has 0 aliphatic rings. The van der Waals surface area contributed by atoms with E-state index in [-0.39, 0.29) is 5.04 Å². The van der Waals surface area contributed by atoms with Gasteiger partial charge in [-0.1, -0.05) is 20.8 Å². The van der Waals surface area contributed by atoms with Gasteiger partial charge >= 0.3 is 0 Å². The fraction of sp³-hybridized carbons (Fsp3) is 0.538. The number of hydrogen-bond donors (Lipinski definition) is 0. The molecule has 5 heteroatoms. The van der Waals surface area contributed by atoms with Crippen LogP contribution in [-0.2, 0) is 0 Å². The summed E-state index contributed by atoms with van der Waals surface area (Å²) in [6.07, 6.45) is 0. The van der Waals surface area contributed by atoms with E-state index in [1.807, 2.05) is 6.07 Å². The van der Waals surface area contributed by atoms with E-state index in [1.165, 1.54) is 0 Å². The number of hydrogen-bond acceptors (Lipinski definition) is 2. The topological polar surface area (TPSA) is 18.5 Å². The summed E-state index contributed by atoms with van der Waals surface area (Å²) in [5.74, 6) is 1.88. The van der Waals surface area contributed by atoms with Gasteiger partial charge in [0.25, 0.3) is 8.32 Å². The minimum atomic E-state index is -1.78. The van der Waals surface area contributed by atoms with Crippen molar-refractivity contribution in [2.24, 2.45) is 0 Å². The number of benzene rings is 1. The second-order valence-electron chi connectivity index (χ2n) is 5.78. The molecule has 1 aromatic rings. The predicted molar refractivity (Wildman–Crippen MR) is 96.3 cm³/mol. The van der Waals surface area contributed by atoms with Crippen LogP contribution >= 0.6 is 45.2 Å². The van der Waals surface area contributed by atoms with Gasteiger partial charge in [-0.2, -0.15) is 0 Å². The van der Waals surface area contributed by atoms with E-state index in [4.69, 9.17) is 9.16 Å². The molecule has 0 radical (unpaired) electrons. The summed E-state index contributed by atoms with van der Waals surface area (Å²) in [4.78, 5) is 0. The summed E-state index contributed by atoms with van der Waals surface area (Å²) >= 11 is 4.59. The van der Waals surface area contributed by atoms with Gasteiger partial charge in [-0.05, 0) is 75.4 Å². The van der Waals surface area contributed by atoms with Gasteiger partial charge in [0.15, 0.2) is 0 Å². The summed E-state index contributed by atoms with van der Waals surface area (Å²) in [7, 11) is -0.0802. The van der Waals surface area contributed by atoms with Crippen molar-refractivity contribution >= 4 is 53.5 Å². The Bertz CT molecular complexity index is 439. The van der Waals surface area contributed by atoms with Gasteiger partial charge in [0, 0.05) is 0 Å². The largest absolute Gasteiger partial charge is 0.543 e. The molecule has 0 atom stereocenters. The van der Waals surface area contributed by atoms with Crippen LogP contribution < -0.4 is 9.16 Å². The monoisotopic (exact) mass is 490 g/mol. The molecule has 0 amide bonds. The average Bonchev–Trinajstić information content (AvgIpc) is 2.21. The van der Waals surface area contributed by atoms with Crippen molar-refractivity contribution in [1.82, 2.24) is 0 Å². The van der Waals surface area contributed by atoms with Gasteiger partial charge in [-0.3, -0.25) is 0 Å². The highest BCUT2D eigenvalue weighted by atomic mass is 127. The summed E-state index contributed by atoms with van der Waals surface area (Å²) in [6.45, 7) is 11.3. The highest BCUT2D eigenvalue weighted by Gasteiger charge is 2.39. The summed E-state index contributed by atoms with van der Waals surface area (Å²) < 4.78 is 13.9. The molecule has 1 aromatic carbocycles. The molecule has 0 aliphatic heterocycles. The number of ether oxygens (including phenoxy) is 1. The molecule has 0 heterocycles. The van der Waals surface area contributed by atoms with Crippen molar-refractivity contribution in [2.45, 2.75) is 38.9 Å². The first kappa shape index (κ1) is 16.6. The van der Waals surface area contributed by atoms with Crippen LogP contribution in [0.15, 0.2) is 12.1 Å². The first-order valence-electron chi connectivity index (χ1n) is 5.80. The van der Waals surface area contributed by atoms with Gasteiger partial charge < -0.3 is 9.16 Å². The van der Waals surface area contributed by atoms with Crippen LogP contribution in [-0.4, -0.2) is 15.4 Å². The second kappa shape index (κ2) is 5.86. The zero-order valence-electron chi connectivity index (χ0n) is 11.7. The third-order valence-corrected chi connectivity index (χ3v) is 9.41. The average molecular weight is 490 g/mol. The third kappa shape index (κ3) is 3.75. The summed E-state index contributed by atoms with van der Waals surface area (Å²) in [5, 5.41) is 0.210. The molecule has 0 fully saturated rings. The smallest absolute Gasteiger partial charge is 0.250 e. The van der Waals surface area contributed by atoms with Crippen molar-refractivity contribution in [3.8, 4) is 11.5 Å². The normalized spacial score (nSPS) is 12.4. The van der Waals surface area contributed by atoms with Crippen LogP contribution in [0.1, 0.15) is 20.8 Å². The molecule has 102 valence electrons. The molecule has 0 saturated carbocycles. The fourth-order valence-electron chi connectivity index (χ4n) is 1.17. The lowest BCUT2D eigenvalue weighted by atomic mass is 10.2. The van der Waals surface area contributed by atoms with E-state index in [1.54, 1.807) is 7.11 Å². The van der Waals surface area contributed by atoms with Crippen molar-refractivity contribution < 1.29 is 9.16 Å². The van der Waals surface area contributed by atoms with Crippen LogP contribution in [0.25, 0.3) is 0 Å². The Hall–Kier alpha value is 0.497. The lowest BCUT2D eigenvalue weighted by Gasteiger charge is -2.36. The zero-order chi connectivity index (χ0) is 14.1. The first-order chi connectivity index (χ1) is 8.08. The maximum absolute atomic E-state index is 6.35. The van der Waals surface area contributed by atoms with Gasteiger partial charge in [0.05, 0.1) is 14.3 Å². The van der Waals surface area contributed by atoms with E-state index >= 15 is 0 Å². The minimum absolute atomic E-state index is 0.210. The molecular weight excluding hydrogens is 470 g/mol. The van der Waals surface area contributed by atoms with Crippen LogP contribution in [0.4, 0.5) is 0 Å². The molecular formula is C13H20I2O2Si. The molecule has 0 spiro atoms. The van der Waals surface area contributed by atoms with Gasteiger partial charge in [0.1, 0.15) is 11.5 Å². The lowest BCUT2D eigenvalue weighted by Crippen LogP contribution is -2.44. The molecule has 0 aromatic heterocycles. The Morgan fingerprint density at radius 1 is 1.00 bits per heavy atom. The zero-order valence-corrected chi connectivity index (χ0v) is 17.0. The van der Waals surface area contributed by atoms with Crippen LogP contribution in [0.3, 0.4) is 0 Å². The maximum Gasteiger partial charge on any atom is 0.250 e. The molecule has 0 N–H and O–H groups in total. The minimum Gasteiger partial charge on any atom is -0.543 e. The van der Waals surface area contributed by atoms with E-state index < -0.39 is 8.32 Å². The molecule has 2 nitrogen and oxygen atoms in total. The SMILES string of the molecule is COc1cc(I)c(O[Si](C)(C)C(C)(C)C)cc1I. The standard InChI is InChI=1S/C13H20I2O2Si/c1-13(2,3)18(5,6)17-12-8-9(14)11(16-4)7-10(12)15/h7-8H,1-6H3. The van der Waals surface area contributed by atoms with Gasteiger partial charge in [0.2, 0.25) is 0 Å². The molecule has 1 rings (SSSR count). The second-order valence-corrected chi connectivity index (χ2v) is 12.8. The van der Waals surface area contributed by atoms with Crippen LogP contribution in [0.5, 0.6) is 11.5 Å². The molecule has 0 bridgehead atoms. The Balaban J connectivity index is 3.10. The number of rotatable bonds is 3. The Labute approximate surface area is 138 Å². The fourth-order valence-corrected chi connectivity index (χ4v) is 3.61. The Morgan fingerprint density at radius 2 is 1.44 bits per heavy atom. The third-order valence-electron chi connectivity index (χ3n) is 3.38. The highest BCUT2D eigenvalue weighted by molar-refractivity contribution is 14.1. The maximum atomic E-state index is 6.35. The van der Waals surface area contributed by atoms with Crippen molar-refractivity contribution in [3.05, 3.63) is 19.3 Å². The van der Waals surface area contributed by atoms with E-state index in [2.05, 4.69) is 85.1 Å². The van der Waals surface area contributed by atoms with Crippen LogP contribution in [0.2, 0.25) is 18.1 Å². The van der Waals surface area contributed by atoms with Gasteiger partial charge in [-0.15, -0.1) is 0 Å². The number of halogens is 2. The first-order valence-corrected chi connectivity index (χ1v) is 10.9. The van der Waals surface area contributed by atoms with E-state index in [9.17, 15) is 0 Å². The van der Waals surface area contributed by atoms with Crippen molar-refractivity contribution in [3.63, 3.8) is 0 Å². The van der Waals surface area contributed by atoms with E-state index in [0.717, 1.165) is 18.6 Å². The van der Waals surface area contributed by atoms with E-state index in [0.29, 0.717) is 0 Å². The molecule has 0 aliphatic carbocycles.